The van der Waals surface area contributed by atoms with Crippen molar-refractivity contribution in [3.63, 3.8) is 0 Å². The van der Waals surface area contributed by atoms with Crippen LogP contribution in [0.3, 0.4) is 0 Å². The molecule has 2 N–H and O–H groups in total. The molecule has 1 aliphatic rings. The van der Waals surface area contributed by atoms with Gasteiger partial charge in [0.1, 0.15) is 5.69 Å². The van der Waals surface area contributed by atoms with E-state index in [-0.39, 0.29) is 11.1 Å². The highest BCUT2D eigenvalue weighted by molar-refractivity contribution is 7.09. The Balaban J connectivity index is 1.64. The number of alkyl halides is 2. The molecule has 3 rings (SSSR count). The lowest BCUT2D eigenvalue weighted by Crippen LogP contribution is -2.48. The Morgan fingerprint density at radius 2 is 2.09 bits per heavy atom. The number of carbonyl (C=O) groups excluding carboxylic acids is 2. The van der Waals surface area contributed by atoms with Crippen LogP contribution in [-0.4, -0.2) is 58.6 Å². The molecule has 1 aliphatic heterocycles. The molecule has 178 valence electrons. The summed E-state index contributed by atoms with van der Waals surface area (Å²) in [7, 11) is 0. The van der Waals surface area contributed by atoms with Crippen LogP contribution >= 0.6 is 22.9 Å². The Hall–Kier alpha value is -2.04. The molecule has 0 aliphatic carbocycles. The maximum absolute atomic E-state index is 13.7. The van der Waals surface area contributed by atoms with Crippen molar-refractivity contribution in [1.29, 1.82) is 0 Å². The lowest BCUT2D eigenvalue weighted by Gasteiger charge is -2.24. The first-order valence-corrected chi connectivity index (χ1v) is 11.9. The van der Waals surface area contributed by atoms with E-state index in [1.165, 1.54) is 18.2 Å². The maximum atomic E-state index is 13.7. The van der Waals surface area contributed by atoms with E-state index in [2.05, 4.69) is 31.1 Å². The van der Waals surface area contributed by atoms with Gasteiger partial charge in [-0.2, -0.15) is 0 Å². The molecular formula is C22H27BClF2N3O3S. The fourth-order valence-corrected chi connectivity index (χ4v) is 4.93. The van der Waals surface area contributed by atoms with E-state index in [1.807, 2.05) is 18.2 Å². The quantitative estimate of drug-likeness (QED) is 0.595. The largest absolute Gasteiger partial charge is 0.449 e. The number of aromatic nitrogens is 1. The van der Waals surface area contributed by atoms with Crippen LogP contribution in [0.25, 0.3) is 0 Å². The molecule has 2 heterocycles. The summed E-state index contributed by atoms with van der Waals surface area (Å²) in [5.74, 6) is -5.26. The lowest BCUT2D eigenvalue weighted by molar-refractivity contribution is -0.131. The first-order chi connectivity index (χ1) is 15.3. The minimum Gasteiger partial charge on any atom is -0.449 e. The molecule has 0 radical (unpaired) electrons. The molecule has 1 atom stereocenters. The third kappa shape index (κ3) is 6.30. The van der Waals surface area contributed by atoms with Gasteiger partial charge >= 0.3 is 6.92 Å². The minimum absolute atomic E-state index is 0.117. The summed E-state index contributed by atoms with van der Waals surface area (Å²) in [6, 6.07) is 5.71. The molecule has 6 nitrogen and oxygen atoms in total. The third-order valence-electron chi connectivity index (χ3n) is 5.59. The second-order valence-electron chi connectivity index (χ2n) is 9.43. The van der Waals surface area contributed by atoms with Crippen molar-refractivity contribution >= 4 is 41.7 Å². The summed E-state index contributed by atoms with van der Waals surface area (Å²) in [6.07, 6.45) is -0.0688. The van der Waals surface area contributed by atoms with Crippen LogP contribution in [0.5, 0.6) is 0 Å². The highest BCUT2D eigenvalue weighted by atomic mass is 35.5. The Morgan fingerprint density at radius 1 is 1.39 bits per heavy atom. The van der Waals surface area contributed by atoms with Crippen LogP contribution < -0.4 is 5.32 Å². The highest BCUT2D eigenvalue weighted by Crippen LogP contribution is 2.33. The summed E-state index contributed by atoms with van der Waals surface area (Å²) in [6.45, 7) is 5.35. The number of nitrogens with one attached hydrogen (secondary N) is 1. The average molecular weight is 498 g/mol. The fourth-order valence-electron chi connectivity index (χ4n) is 3.96. The van der Waals surface area contributed by atoms with Crippen molar-refractivity contribution in [1.82, 2.24) is 15.2 Å². The molecule has 0 bridgehead atoms. The van der Waals surface area contributed by atoms with Crippen molar-refractivity contribution in [2.75, 3.05) is 13.1 Å². The normalized spacial score (nSPS) is 17.8. The molecule has 1 aromatic heterocycles. The van der Waals surface area contributed by atoms with E-state index in [1.54, 1.807) is 5.38 Å². The number of likely N-dealkylation sites (tertiary alicyclic amines) is 1. The number of rotatable bonds is 6. The molecule has 0 unspecified atom stereocenters. The monoisotopic (exact) mass is 497 g/mol. The van der Waals surface area contributed by atoms with Crippen molar-refractivity contribution in [3.8, 4) is 0 Å². The molecular weight excluding hydrogens is 471 g/mol. The Labute approximate surface area is 201 Å². The first kappa shape index (κ1) is 25.6. The summed E-state index contributed by atoms with van der Waals surface area (Å²) < 4.78 is 27.5. The van der Waals surface area contributed by atoms with Crippen molar-refractivity contribution in [2.24, 2.45) is 0 Å². The van der Waals surface area contributed by atoms with E-state index in [9.17, 15) is 23.4 Å². The third-order valence-corrected chi connectivity index (χ3v) is 6.68. The van der Waals surface area contributed by atoms with Crippen LogP contribution in [0, 0.1) is 0 Å². The number of halogens is 3. The highest BCUT2D eigenvalue weighted by Gasteiger charge is 2.49. The predicted molar refractivity (Wildman–Crippen MR) is 126 cm³/mol. The zero-order chi connectivity index (χ0) is 24.6. The number of hydrogen-bond donors (Lipinski definition) is 2. The molecule has 0 spiro atoms. The fraction of sp³-hybridized carbons (Fsp3) is 0.500. The topological polar surface area (TPSA) is 82.5 Å². The second-order valence-corrected chi connectivity index (χ2v) is 10.8. The molecule has 0 saturated carbocycles. The van der Waals surface area contributed by atoms with Crippen molar-refractivity contribution < 1.29 is 23.4 Å². The maximum Gasteiger partial charge on any atom is 0.309 e. The SMILES string of the molecule is CB(O)[C@@H]1CC(F)(F)CN1C(=O)CNC(=O)c1csc(Cc2ccc(Cl)cc2C(C)(C)C)n1. The van der Waals surface area contributed by atoms with Crippen LogP contribution in [0.1, 0.15) is 53.8 Å². The molecule has 2 amide bonds. The van der Waals surface area contributed by atoms with Gasteiger partial charge in [-0.15, -0.1) is 11.3 Å². The zero-order valence-electron chi connectivity index (χ0n) is 19.0. The zero-order valence-corrected chi connectivity index (χ0v) is 20.6. The van der Waals surface area contributed by atoms with Gasteiger partial charge in [0.2, 0.25) is 5.91 Å². The van der Waals surface area contributed by atoms with E-state index in [0.29, 0.717) is 11.4 Å². The molecule has 2 aromatic rings. The van der Waals surface area contributed by atoms with E-state index < -0.39 is 50.1 Å². The number of thiazole rings is 1. The van der Waals surface area contributed by atoms with Gasteiger partial charge in [-0.25, -0.2) is 13.8 Å². The Kier molecular flexibility index (Phi) is 7.50. The van der Waals surface area contributed by atoms with Gasteiger partial charge in [0.25, 0.3) is 11.8 Å². The van der Waals surface area contributed by atoms with Crippen molar-refractivity contribution in [2.45, 2.75) is 57.7 Å². The van der Waals surface area contributed by atoms with Gasteiger partial charge in [0.15, 0.2) is 0 Å². The molecule has 33 heavy (non-hydrogen) atoms. The van der Waals surface area contributed by atoms with Gasteiger partial charge in [-0.1, -0.05) is 45.3 Å². The van der Waals surface area contributed by atoms with Crippen LogP contribution in [-0.2, 0) is 16.6 Å². The second kappa shape index (κ2) is 9.68. The number of amides is 2. The van der Waals surface area contributed by atoms with Gasteiger partial charge < -0.3 is 15.2 Å². The molecule has 11 heteroatoms. The van der Waals surface area contributed by atoms with E-state index in [0.717, 1.165) is 21.0 Å². The Morgan fingerprint density at radius 3 is 2.73 bits per heavy atom. The number of benzene rings is 1. The summed E-state index contributed by atoms with van der Waals surface area (Å²) in [5, 5.41) is 15.2. The van der Waals surface area contributed by atoms with E-state index >= 15 is 0 Å². The summed E-state index contributed by atoms with van der Waals surface area (Å²) in [5.41, 5.74) is 2.20. The predicted octanol–water partition coefficient (Wildman–Crippen LogP) is 3.80. The van der Waals surface area contributed by atoms with Gasteiger partial charge in [0, 0.05) is 29.2 Å². The standard InChI is InChI=1S/C22H27BClF2N3O3S/c1-21(2,3)15-8-14(24)6-5-13(15)7-18-28-16(11-33-18)20(31)27-10-19(30)29-12-22(25,26)9-17(29)23(4)32/h5-6,8,11,17,32H,7,9-10,12H2,1-4H3,(H,27,31)/t17-/m0/s1. The number of nitrogens with zero attached hydrogens (tertiary/aromatic N) is 2. The van der Waals surface area contributed by atoms with Crippen LogP contribution in [0.4, 0.5) is 8.78 Å². The Bertz CT molecular complexity index is 1040. The summed E-state index contributed by atoms with van der Waals surface area (Å²) >= 11 is 7.50. The van der Waals surface area contributed by atoms with Gasteiger partial charge in [-0.05, 0) is 28.7 Å². The van der Waals surface area contributed by atoms with Gasteiger partial charge in [0.05, 0.1) is 18.1 Å². The van der Waals surface area contributed by atoms with E-state index in [4.69, 9.17) is 11.6 Å². The minimum atomic E-state index is -3.06. The number of carbonyl (C=O) groups is 2. The summed E-state index contributed by atoms with van der Waals surface area (Å²) in [4.78, 5) is 30.2. The van der Waals surface area contributed by atoms with Crippen LogP contribution in [0.2, 0.25) is 11.8 Å². The lowest BCUT2D eigenvalue weighted by atomic mass is 9.62. The first-order valence-electron chi connectivity index (χ1n) is 10.6. The molecule has 1 aromatic carbocycles. The smallest absolute Gasteiger partial charge is 0.309 e. The van der Waals surface area contributed by atoms with Crippen molar-refractivity contribution in [3.05, 3.63) is 50.4 Å². The molecule has 1 saturated heterocycles. The average Bonchev–Trinajstić information content (AvgIpc) is 3.30. The molecule has 1 fully saturated rings. The van der Waals surface area contributed by atoms with Crippen LogP contribution in [0.15, 0.2) is 23.6 Å². The van der Waals surface area contributed by atoms with Gasteiger partial charge in [-0.3, -0.25) is 9.59 Å². The number of hydrogen-bond acceptors (Lipinski definition) is 5.